The number of piperidine rings is 1. The number of carbonyl (C=O) groups excluding carboxylic acids is 2. The molecule has 1 fully saturated rings. The Kier molecular flexibility index (Phi) is 4.87. The fourth-order valence-electron chi connectivity index (χ4n) is 3.39. The monoisotopic (exact) mass is 363 g/mol. The van der Waals surface area contributed by atoms with E-state index in [-0.39, 0.29) is 0 Å². The first-order valence-corrected chi connectivity index (χ1v) is 9.21. The molecule has 6 heteroatoms. The molecule has 2 aromatic carbocycles. The first-order chi connectivity index (χ1) is 13.2. The topological polar surface area (TPSA) is 71.0 Å². The minimum Gasteiger partial charge on any atom is -0.414 e. The van der Waals surface area contributed by atoms with Gasteiger partial charge in [-0.25, -0.2) is 9.79 Å². The van der Waals surface area contributed by atoms with Gasteiger partial charge >= 0.3 is 6.09 Å². The number of nitrogens with zero attached hydrogens (tertiary/aromatic N) is 2. The number of likely N-dealkylation sites (tertiary alicyclic amines) is 1. The predicted octanol–water partition coefficient (Wildman–Crippen LogP) is 3.42. The van der Waals surface area contributed by atoms with Crippen molar-refractivity contribution in [1.82, 2.24) is 4.90 Å². The standard InChI is InChI=1S/C21H21N3O3/c25-19-20(27-21(26)24-13-7-2-8-14-24)23-18(15-9-3-1-4-10-15)16-11-5-6-12-17(16)22-19/h1,3-6,9-12,20H,2,7-8,13-14H2,(H,22,25). The first-order valence-electron chi connectivity index (χ1n) is 9.21. The molecular formula is C21H21N3O3. The zero-order chi connectivity index (χ0) is 18.6. The van der Waals surface area contributed by atoms with E-state index in [1.165, 1.54) is 0 Å². The van der Waals surface area contributed by atoms with E-state index in [2.05, 4.69) is 10.3 Å². The second kappa shape index (κ2) is 7.61. The number of amides is 2. The smallest absolute Gasteiger partial charge is 0.412 e. The Bertz CT molecular complexity index is 873. The summed E-state index contributed by atoms with van der Waals surface area (Å²) in [5.74, 6) is -0.446. The van der Waals surface area contributed by atoms with Crippen molar-refractivity contribution in [3.63, 3.8) is 0 Å². The van der Waals surface area contributed by atoms with Gasteiger partial charge in [0.1, 0.15) is 0 Å². The van der Waals surface area contributed by atoms with Crippen molar-refractivity contribution in [2.24, 2.45) is 4.99 Å². The lowest BCUT2D eigenvalue weighted by atomic mass is 10.0. The fraction of sp³-hybridized carbons (Fsp3) is 0.286. The van der Waals surface area contributed by atoms with Crippen molar-refractivity contribution < 1.29 is 14.3 Å². The van der Waals surface area contributed by atoms with Crippen LogP contribution in [0, 0.1) is 0 Å². The summed E-state index contributed by atoms with van der Waals surface area (Å²) in [4.78, 5) is 31.3. The van der Waals surface area contributed by atoms with Crippen LogP contribution in [0.4, 0.5) is 10.5 Å². The third-order valence-electron chi connectivity index (χ3n) is 4.78. The second-order valence-electron chi connectivity index (χ2n) is 6.66. The highest BCUT2D eigenvalue weighted by Crippen LogP contribution is 2.24. The number of benzene rings is 2. The molecule has 1 saturated heterocycles. The summed E-state index contributed by atoms with van der Waals surface area (Å²) < 4.78 is 5.49. The summed E-state index contributed by atoms with van der Waals surface area (Å²) in [6.07, 6.45) is 1.31. The van der Waals surface area contributed by atoms with Crippen LogP contribution in [0.25, 0.3) is 0 Å². The van der Waals surface area contributed by atoms with E-state index in [9.17, 15) is 9.59 Å². The minimum atomic E-state index is -1.22. The van der Waals surface area contributed by atoms with Gasteiger partial charge in [0.25, 0.3) is 12.1 Å². The number of aliphatic imine (C=N–C) groups is 1. The molecule has 2 heterocycles. The van der Waals surface area contributed by atoms with Crippen LogP contribution in [-0.4, -0.2) is 41.9 Å². The van der Waals surface area contributed by atoms with Crippen molar-refractivity contribution in [1.29, 1.82) is 0 Å². The summed E-state index contributed by atoms with van der Waals surface area (Å²) in [6, 6.07) is 17.1. The molecule has 0 bridgehead atoms. The summed E-state index contributed by atoms with van der Waals surface area (Å²) >= 11 is 0. The highest BCUT2D eigenvalue weighted by atomic mass is 16.6. The van der Waals surface area contributed by atoms with Crippen molar-refractivity contribution in [3.8, 4) is 0 Å². The molecule has 2 aromatic rings. The molecule has 0 aromatic heterocycles. The van der Waals surface area contributed by atoms with E-state index in [4.69, 9.17) is 4.74 Å². The van der Waals surface area contributed by atoms with Crippen LogP contribution in [0.2, 0.25) is 0 Å². The molecule has 0 aliphatic carbocycles. The lowest BCUT2D eigenvalue weighted by molar-refractivity contribution is -0.124. The van der Waals surface area contributed by atoms with E-state index >= 15 is 0 Å². The van der Waals surface area contributed by atoms with Crippen molar-refractivity contribution in [2.75, 3.05) is 18.4 Å². The van der Waals surface area contributed by atoms with Crippen molar-refractivity contribution in [2.45, 2.75) is 25.5 Å². The van der Waals surface area contributed by atoms with Crippen LogP contribution in [0.3, 0.4) is 0 Å². The quantitative estimate of drug-likeness (QED) is 0.889. The van der Waals surface area contributed by atoms with Crippen LogP contribution in [0.5, 0.6) is 0 Å². The number of rotatable bonds is 2. The Morgan fingerprint density at radius 3 is 2.48 bits per heavy atom. The van der Waals surface area contributed by atoms with Crippen LogP contribution in [0.1, 0.15) is 30.4 Å². The van der Waals surface area contributed by atoms with Gasteiger partial charge in [0.2, 0.25) is 0 Å². The molecule has 27 heavy (non-hydrogen) atoms. The average Bonchev–Trinajstić information content (AvgIpc) is 2.86. The van der Waals surface area contributed by atoms with Gasteiger partial charge in [0.15, 0.2) is 0 Å². The number of carbonyl (C=O) groups is 2. The van der Waals surface area contributed by atoms with Crippen LogP contribution in [-0.2, 0) is 9.53 Å². The lowest BCUT2D eigenvalue weighted by Gasteiger charge is -2.26. The Balaban J connectivity index is 1.68. The molecule has 0 spiro atoms. The van der Waals surface area contributed by atoms with Crippen molar-refractivity contribution >= 4 is 23.4 Å². The molecule has 4 rings (SSSR count). The van der Waals surface area contributed by atoms with Gasteiger partial charge in [-0.3, -0.25) is 4.79 Å². The van der Waals surface area contributed by atoms with Crippen LogP contribution >= 0.6 is 0 Å². The molecule has 2 aliphatic rings. The number of para-hydroxylation sites is 1. The molecule has 2 amide bonds. The minimum absolute atomic E-state index is 0.446. The Morgan fingerprint density at radius 1 is 1.00 bits per heavy atom. The van der Waals surface area contributed by atoms with E-state index < -0.39 is 18.2 Å². The normalized spacial score (nSPS) is 19.4. The van der Waals surface area contributed by atoms with E-state index in [1.54, 1.807) is 4.90 Å². The third-order valence-corrected chi connectivity index (χ3v) is 4.78. The number of fused-ring (bicyclic) bond motifs is 1. The number of benzodiazepines with no additional fused rings is 1. The van der Waals surface area contributed by atoms with Gasteiger partial charge in [0, 0.05) is 24.2 Å². The number of anilines is 1. The maximum Gasteiger partial charge on any atom is 0.412 e. The maximum atomic E-state index is 12.7. The van der Waals surface area contributed by atoms with Gasteiger partial charge in [-0.15, -0.1) is 0 Å². The van der Waals surface area contributed by atoms with E-state index in [0.29, 0.717) is 24.5 Å². The average molecular weight is 363 g/mol. The summed E-state index contributed by atoms with van der Waals surface area (Å²) in [5.41, 5.74) is 2.94. The summed E-state index contributed by atoms with van der Waals surface area (Å²) in [7, 11) is 0. The van der Waals surface area contributed by atoms with Gasteiger partial charge in [0.05, 0.1) is 11.4 Å². The zero-order valence-corrected chi connectivity index (χ0v) is 14.9. The molecule has 0 saturated carbocycles. The molecule has 1 unspecified atom stereocenters. The molecule has 2 aliphatic heterocycles. The number of nitrogens with one attached hydrogen (secondary N) is 1. The van der Waals surface area contributed by atoms with Crippen LogP contribution in [0.15, 0.2) is 59.6 Å². The molecule has 6 nitrogen and oxygen atoms in total. The SMILES string of the molecule is O=C1Nc2ccccc2C(c2ccccc2)=NC1OC(=O)N1CCCCC1. The van der Waals surface area contributed by atoms with Gasteiger partial charge < -0.3 is 15.0 Å². The Labute approximate surface area is 157 Å². The second-order valence-corrected chi connectivity index (χ2v) is 6.66. The fourth-order valence-corrected chi connectivity index (χ4v) is 3.39. The maximum absolute atomic E-state index is 12.7. The first kappa shape index (κ1) is 17.3. The number of hydrogen-bond donors (Lipinski definition) is 1. The van der Waals surface area contributed by atoms with Gasteiger partial charge in [-0.2, -0.15) is 0 Å². The molecule has 1 atom stereocenters. The Morgan fingerprint density at radius 2 is 1.70 bits per heavy atom. The van der Waals surface area contributed by atoms with Crippen LogP contribution < -0.4 is 5.32 Å². The largest absolute Gasteiger partial charge is 0.414 e. The summed E-state index contributed by atoms with van der Waals surface area (Å²) in [6.45, 7) is 1.31. The zero-order valence-electron chi connectivity index (χ0n) is 14.9. The highest BCUT2D eigenvalue weighted by molar-refractivity contribution is 6.19. The predicted molar refractivity (Wildman–Crippen MR) is 103 cm³/mol. The third kappa shape index (κ3) is 3.69. The summed E-state index contributed by atoms with van der Waals surface area (Å²) in [5, 5.41) is 2.83. The number of hydrogen-bond acceptors (Lipinski definition) is 4. The van der Waals surface area contributed by atoms with Gasteiger partial charge in [-0.05, 0) is 25.3 Å². The van der Waals surface area contributed by atoms with E-state index in [0.717, 1.165) is 30.4 Å². The van der Waals surface area contributed by atoms with E-state index in [1.807, 2.05) is 54.6 Å². The van der Waals surface area contributed by atoms with Gasteiger partial charge in [-0.1, -0.05) is 48.5 Å². The highest BCUT2D eigenvalue weighted by Gasteiger charge is 2.30. The molecular weight excluding hydrogens is 342 g/mol. The molecule has 0 radical (unpaired) electrons. The molecule has 138 valence electrons. The lowest BCUT2D eigenvalue weighted by Crippen LogP contribution is -2.40. The number of ether oxygens (including phenoxy) is 1. The Hall–Kier alpha value is -3.15. The van der Waals surface area contributed by atoms with Crippen molar-refractivity contribution in [3.05, 3.63) is 65.7 Å². The molecule has 1 N–H and O–H groups in total.